The fourth-order valence-electron chi connectivity index (χ4n) is 2.35. The minimum absolute atomic E-state index is 0.267. The fraction of sp³-hybridized carbons (Fsp3) is 0.545. The van der Waals surface area contributed by atoms with Gasteiger partial charge < -0.3 is 10.0 Å². The number of rotatable bonds is 2. The van der Waals surface area contributed by atoms with Crippen LogP contribution in [0, 0.1) is 5.92 Å². The van der Waals surface area contributed by atoms with Crippen molar-refractivity contribution in [2.75, 3.05) is 18.0 Å². The van der Waals surface area contributed by atoms with Crippen molar-refractivity contribution in [3.05, 3.63) is 22.6 Å². The second-order valence-electron chi connectivity index (χ2n) is 4.73. The van der Waals surface area contributed by atoms with Gasteiger partial charge in [-0.15, -0.1) is 5.10 Å². The highest BCUT2D eigenvalue weighted by molar-refractivity contribution is 5.45. The third-order valence-corrected chi connectivity index (χ3v) is 3.49. The second-order valence-corrected chi connectivity index (χ2v) is 4.73. The van der Waals surface area contributed by atoms with Gasteiger partial charge in [0.05, 0.1) is 6.10 Å². The molecule has 0 saturated carbocycles. The Bertz CT molecular complexity index is 617. The molecule has 3 heterocycles. The van der Waals surface area contributed by atoms with Gasteiger partial charge in [0.15, 0.2) is 5.65 Å². The van der Waals surface area contributed by atoms with Gasteiger partial charge in [-0.2, -0.15) is 9.61 Å². The number of aliphatic hydroxyl groups is 1. The van der Waals surface area contributed by atoms with Crippen LogP contribution in [-0.2, 0) is 0 Å². The topological polar surface area (TPSA) is 86.5 Å². The summed E-state index contributed by atoms with van der Waals surface area (Å²) in [7, 11) is 0. The number of nitrogens with zero attached hydrogens (tertiary/aromatic N) is 4. The molecule has 1 aliphatic heterocycles. The quantitative estimate of drug-likeness (QED) is 0.758. The summed E-state index contributed by atoms with van der Waals surface area (Å²) in [5.41, 5.74) is 0.174. The minimum atomic E-state index is -0.335. The summed E-state index contributed by atoms with van der Waals surface area (Å²) in [6.07, 6.45) is 0.632. The molecule has 3 rings (SSSR count). The van der Waals surface area contributed by atoms with Crippen molar-refractivity contribution >= 4 is 11.5 Å². The molecule has 0 amide bonds. The smallest absolute Gasteiger partial charge is 0.364 e. The van der Waals surface area contributed by atoms with Gasteiger partial charge >= 0.3 is 5.69 Å². The number of fused-ring (bicyclic) bond motifs is 1. The van der Waals surface area contributed by atoms with Crippen LogP contribution in [-0.4, -0.2) is 44.1 Å². The number of aromatic amines is 1. The molecule has 2 unspecified atom stereocenters. The number of anilines is 1. The molecule has 0 spiro atoms. The summed E-state index contributed by atoms with van der Waals surface area (Å²) in [6, 6.07) is 3.61. The van der Waals surface area contributed by atoms with Crippen LogP contribution >= 0.6 is 0 Å². The normalized spacial score (nSPS) is 21.7. The maximum absolute atomic E-state index is 11.4. The molecule has 2 atom stereocenters. The molecule has 2 N–H and O–H groups in total. The van der Waals surface area contributed by atoms with Gasteiger partial charge in [-0.05, 0) is 25.5 Å². The molecular formula is C11H15N5O2. The van der Waals surface area contributed by atoms with Gasteiger partial charge in [-0.3, -0.25) is 0 Å². The Morgan fingerprint density at radius 1 is 1.56 bits per heavy atom. The molecule has 1 aliphatic rings. The molecule has 1 fully saturated rings. The zero-order valence-corrected chi connectivity index (χ0v) is 10.1. The standard InChI is InChI=1S/C11H15N5O2/c1-7(17)8-4-5-15(6-8)10-3-2-9-12-13-11(18)16(9)14-10/h2-3,7-8,17H,4-6H2,1H3,(H,13,18). The lowest BCUT2D eigenvalue weighted by Crippen LogP contribution is -2.26. The van der Waals surface area contributed by atoms with Crippen LogP contribution in [0.25, 0.3) is 5.65 Å². The van der Waals surface area contributed by atoms with Crippen LogP contribution < -0.4 is 10.6 Å². The van der Waals surface area contributed by atoms with Gasteiger partial charge in [-0.1, -0.05) is 0 Å². The van der Waals surface area contributed by atoms with E-state index in [-0.39, 0.29) is 17.7 Å². The van der Waals surface area contributed by atoms with E-state index in [4.69, 9.17) is 0 Å². The van der Waals surface area contributed by atoms with E-state index >= 15 is 0 Å². The highest BCUT2D eigenvalue weighted by atomic mass is 16.3. The van der Waals surface area contributed by atoms with Crippen LogP contribution in [0.15, 0.2) is 16.9 Å². The van der Waals surface area contributed by atoms with E-state index < -0.39 is 0 Å². The Morgan fingerprint density at radius 3 is 3.11 bits per heavy atom. The Kier molecular flexibility index (Phi) is 2.55. The highest BCUT2D eigenvalue weighted by Crippen LogP contribution is 2.23. The number of H-pyrrole nitrogens is 1. The predicted octanol–water partition coefficient (Wildman–Crippen LogP) is -0.375. The lowest BCUT2D eigenvalue weighted by Gasteiger charge is -2.18. The van der Waals surface area contributed by atoms with E-state index in [9.17, 15) is 9.90 Å². The fourth-order valence-corrected chi connectivity index (χ4v) is 2.35. The Hall–Kier alpha value is -1.89. The summed E-state index contributed by atoms with van der Waals surface area (Å²) in [5.74, 6) is 1.01. The summed E-state index contributed by atoms with van der Waals surface area (Å²) in [5, 5.41) is 20.0. The zero-order chi connectivity index (χ0) is 12.7. The summed E-state index contributed by atoms with van der Waals surface area (Å²) >= 11 is 0. The van der Waals surface area contributed by atoms with Crippen LogP contribution in [0.3, 0.4) is 0 Å². The summed E-state index contributed by atoms with van der Waals surface area (Å²) in [6.45, 7) is 3.43. The van der Waals surface area contributed by atoms with Crippen LogP contribution in [0.4, 0.5) is 5.82 Å². The molecule has 96 valence electrons. The van der Waals surface area contributed by atoms with Gasteiger partial charge in [0.25, 0.3) is 0 Å². The first-order valence-electron chi connectivity index (χ1n) is 6.02. The predicted molar refractivity (Wildman–Crippen MR) is 65.6 cm³/mol. The second kappa shape index (κ2) is 4.09. The maximum atomic E-state index is 11.4. The van der Waals surface area contributed by atoms with Crippen molar-refractivity contribution < 1.29 is 5.11 Å². The van der Waals surface area contributed by atoms with Crippen molar-refractivity contribution in [3.8, 4) is 0 Å². The third kappa shape index (κ3) is 1.76. The van der Waals surface area contributed by atoms with Gasteiger partial charge in [0.1, 0.15) is 5.82 Å². The lowest BCUT2D eigenvalue weighted by atomic mass is 10.0. The Labute approximate surface area is 103 Å². The van der Waals surface area contributed by atoms with Crippen molar-refractivity contribution in [2.45, 2.75) is 19.4 Å². The Balaban J connectivity index is 1.91. The first-order chi connectivity index (χ1) is 8.65. The molecule has 0 radical (unpaired) electrons. The molecule has 0 aliphatic carbocycles. The van der Waals surface area contributed by atoms with Gasteiger partial charge in [0, 0.05) is 19.0 Å². The number of nitrogens with one attached hydrogen (secondary N) is 1. The molecule has 0 bridgehead atoms. The number of hydrogen-bond acceptors (Lipinski definition) is 5. The monoisotopic (exact) mass is 249 g/mol. The van der Waals surface area contributed by atoms with E-state index in [0.717, 1.165) is 25.3 Å². The molecule has 2 aromatic rings. The highest BCUT2D eigenvalue weighted by Gasteiger charge is 2.27. The van der Waals surface area contributed by atoms with E-state index in [1.54, 1.807) is 6.07 Å². The molecule has 7 heteroatoms. The Morgan fingerprint density at radius 2 is 2.39 bits per heavy atom. The van der Waals surface area contributed by atoms with Crippen molar-refractivity contribution in [3.63, 3.8) is 0 Å². The van der Waals surface area contributed by atoms with E-state index in [0.29, 0.717) is 5.65 Å². The van der Waals surface area contributed by atoms with Crippen molar-refractivity contribution in [1.82, 2.24) is 19.8 Å². The van der Waals surface area contributed by atoms with Crippen LogP contribution in [0.1, 0.15) is 13.3 Å². The van der Waals surface area contributed by atoms with E-state index in [1.807, 2.05) is 13.0 Å². The number of hydrogen-bond donors (Lipinski definition) is 2. The van der Waals surface area contributed by atoms with Gasteiger partial charge in [-0.25, -0.2) is 9.89 Å². The van der Waals surface area contributed by atoms with E-state index in [2.05, 4.69) is 20.2 Å². The average Bonchev–Trinajstić information content (AvgIpc) is 2.96. The number of aliphatic hydroxyl groups excluding tert-OH is 1. The molecular weight excluding hydrogens is 234 g/mol. The SMILES string of the molecule is CC(O)C1CCN(c2ccc3n[nH]c(=O)n3n2)C1. The lowest BCUT2D eigenvalue weighted by molar-refractivity contribution is 0.136. The molecule has 2 aromatic heterocycles. The summed E-state index contributed by atoms with van der Waals surface area (Å²) in [4.78, 5) is 13.5. The molecule has 1 saturated heterocycles. The maximum Gasteiger partial charge on any atom is 0.364 e. The van der Waals surface area contributed by atoms with Crippen LogP contribution in [0.5, 0.6) is 0 Å². The van der Waals surface area contributed by atoms with Crippen LogP contribution in [0.2, 0.25) is 0 Å². The van der Waals surface area contributed by atoms with Crippen molar-refractivity contribution in [1.29, 1.82) is 0 Å². The molecule has 7 nitrogen and oxygen atoms in total. The van der Waals surface area contributed by atoms with Gasteiger partial charge in [0.2, 0.25) is 0 Å². The summed E-state index contributed by atoms with van der Waals surface area (Å²) < 4.78 is 1.25. The molecule has 0 aromatic carbocycles. The minimum Gasteiger partial charge on any atom is -0.393 e. The first kappa shape index (κ1) is 11.2. The largest absolute Gasteiger partial charge is 0.393 e. The van der Waals surface area contributed by atoms with Crippen molar-refractivity contribution in [2.24, 2.45) is 5.92 Å². The van der Waals surface area contributed by atoms with E-state index in [1.165, 1.54) is 4.52 Å². The third-order valence-electron chi connectivity index (χ3n) is 3.49. The zero-order valence-electron chi connectivity index (χ0n) is 10.1. The molecule has 18 heavy (non-hydrogen) atoms. The first-order valence-corrected chi connectivity index (χ1v) is 6.02. The number of aromatic nitrogens is 4. The average molecular weight is 249 g/mol.